The number of nitrogens with one attached hydrogen (secondary N) is 1. The number of nitrogens with zero attached hydrogens (tertiary/aromatic N) is 2. The Morgan fingerprint density at radius 3 is 2.21 bits per heavy atom. The molecule has 0 unspecified atom stereocenters. The summed E-state index contributed by atoms with van der Waals surface area (Å²) < 4.78 is 18.3. The smallest absolute Gasteiger partial charge is 0.226 e. The van der Waals surface area contributed by atoms with Crippen LogP contribution in [0.5, 0.6) is 17.2 Å². The lowest BCUT2D eigenvalue weighted by Gasteiger charge is -2.32. The van der Waals surface area contributed by atoms with E-state index < -0.39 is 41.5 Å². The van der Waals surface area contributed by atoms with Crippen molar-refractivity contribution in [3.05, 3.63) is 76.9 Å². The maximum atomic E-state index is 14.7. The molecule has 0 saturated carbocycles. The van der Waals surface area contributed by atoms with E-state index in [1.54, 1.807) is 49.4 Å². The zero-order valence-corrected chi connectivity index (χ0v) is 37.8. The number of Topliss-reactive ketones (excluding diaryl/α,β-unsaturated/α-hetero) is 3. The number of rotatable bonds is 21. The summed E-state index contributed by atoms with van der Waals surface area (Å²) in [6, 6.07) is 15.6. The van der Waals surface area contributed by atoms with Gasteiger partial charge in [0.25, 0.3) is 0 Å². The van der Waals surface area contributed by atoms with Gasteiger partial charge in [-0.25, -0.2) is 0 Å². The maximum absolute atomic E-state index is 14.7. The minimum absolute atomic E-state index is 0.00585. The first kappa shape index (κ1) is 50.0. The third-order valence-corrected chi connectivity index (χ3v) is 11.4. The topological polar surface area (TPSA) is 230 Å². The highest BCUT2D eigenvalue weighted by Gasteiger charge is 2.36. The Labute approximate surface area is 372 Å². The Balaban J connectivity index is 1.79. The Morgan fingerprint density at radius 1 is 0.921 bits per heavy atom. The minimum atomic E-state index is -1.21. The van der Waals surface area contributed by atoms with Crippen LogP contribution in [0, 0.1) is 35.5 Å². The molecule has 14 heteroatoms. The zero-order valence-electron chi connectivity index (χ0n) is 37.8. The highest BCUT2D eigenvalue weighted by molar-refractivity contribution is 6.01. The fourth-order valence-corrected chi connectivity index (χ4v) is 8.04. The van der Waals surface area contributed by atoms with Gasteiger partial charge in [0.15, 0.2) is 17.3 Å². The van der Waals surface area contributed by atoms with Crippen molar-refractivity contribution in [2.45, 2.75) is 98.1 Å². The van der Waals surface area contributed by atoms with Gasteiger partial charge in [-0.3, -0.25) is 24.0 Å². The molecule has 63 heavy (non-hydrogen) atoms. The summed E-state index contributed by atoms with van der Waals surface area (Å²) in [5.74, 6) is -2.27. The third-order valence-electron chi connectivity index (χ3n) is 11.4. The Bertz CT molecular complexity index is 2130. The largest absolute Gasteiger partial charge is 0.493 e. The molecule has 0 spiro atoms. The molecule has 0 fully saturated rings. The van der Waals surface area contributed by atoms with Crippen LogP contribution >= 0.6 is 0 Å². The van der Waals surface area contributed by atoms with Crippen molar-refractivity contribution in [3.8, 4) is 34.4 Å². The number of hydrogen-bond acceptors (Lipinski definition) is 12. The number of ether oxygens (including phenoxy) is 3. The quantitative estimate of drug-likeness (QED) is 0.0933. The molecule has 4 bridgehead atoms. The van der Waals surface area contributed by atoms with Gasteiger partial charge in [0, 0.05) is 74.3 Å². The average Bonchev–Trinajstić information content (AvgIpc) is 3.25. The van der Waals surface area contributed by atoms with Crippen molar-refractivity contribution >= 4 is 29.2 Å². The van der Waals surface area contributed by atoms with Crippen LogP contribution < -0.4 is 36.7 Å². The molecule has 4 atom stereocenters. The van der Waals surface area contributed by atoms with Crippen LogP contribution in [0.25, 0.3) is 11.1 Å². The lowest BCUT2D eigenvalue weighted by molar-refractivity contribution is -0.142. The molecule has 0 saturated heterocycles. The molecule has 1 aliphatic rings. The van der Waals surface area contributed by atoms with Gasteiger partial charge in [-0.05, 0) is 97.3 Å². The molecular formula is C49H66N6O8. The summed E-state index contributed by atoms with van der Waals surface area (Å²) in [7, 11) is 1.52. The molecule has 3 aromatic rings. The van der Waals surface area contributed by atoms with E-state index >= 15 is 0 Å². The zero-order chi connectivity index (χ0) is 46.3. The number of aryl methyl sites for hydroxylation is 1. The second-order valence-electron chi connectivity index (χ2n) is 17.3. The first-order valence-electron chi connectivity index (χ1n) is 22.0. The molecule has 1 heterocycles. The van der Waals surface area contributed by atoms with Gasteiger partial charge in [-0.1, -0.05) is 46.2 Å². The molecule has 14 nitrogen and oxygen atoms in total. The number of fused-ring (bicyclic) bond motifs is 5. The van der Waals surface area contributed by atoms with Crippen molar-refractivity contribution in [1.29, 1.82) is 5.26 Å². The van der Waals surface area contributed by atoms with Gasteiger partial charge in [0.2, 0.25) is 11.8 Å². The van der Waals surface area contributed by atoms with Crippen molar-refractivity contribution in [2.75, 3.05) is 46.5 Å². The number of ketones is 3. The summed E-state index contributed by atoms with van der Waals surface area (Å²) >= 11 is 0. The Kier molecular flexibility index (Phi) is 18.8. The Hall–Kier alpha value is -5.62. The number of carbonyl (C=O) groups is 5. The van der Waals surface area contributed by atoms with Crippen LogP contribution in [-0.2, 0) is 25.6 Å². The molecule has 7 N–H and O–H groups in total. The van der Waals surface area contributed by atoms with Gasteiger partial charge in [-0.2, -0.15) is 5.26 Å². The van der Waals surface area contributed by atoms with Gasteiger partial charge in [0.1, 0.15) is 36.5 Å². The number of amides is 2. The van der Waals surface area contributed by atoms with E-state index in [1.807, 2.05) is 25.1 Å². The minimum Gasteiger partial charge on any atom is -0.493 e. The summed E-state index contributed by atoms with van der Waals surface area (Å²) in [5, 5.41) is 12.1. The van der Waals surface area contributed by atoms with E-state index in [0.29, 0.717) is 57.2 Å². The molecule has 1 aliphatic heterocycles. The molecular weight excluding hydrogens is 801 g/mol. The Morgan fingerprint density at radius 2 is 1.59 bits per heavy atom. The molecule has 4 rings (SSSR count). The molecule has 3 aromatic carbocycles. The molecule has 0 aromatic heterocycles. The summed E-state index contributed by atoms with van der Waals surface area (Å²) in [6.07, 6.45) is 1.80. The standard InChI is InChI=1S/C49H66N6O8/c1-7-17-49(4,5)30-63-36-12-13-37(31(2)24-36)42(57)29-35(16-19-51)48(60)55(6)46-34-11-15-45(62-23-21-53)39(28-34)38-26-33(10-14-44(38)61-22-20-52)27-40(41(56)9-8-18-50)54-47(59)32(3)25-43(46)58/h10-15,24,26,28,32,35,40,46H,7-9,16-17,19-23,25,27,29-30,51-53H2,1-6H3,(H,54,59)/t32-,35-,40+,46+/m1/s1. The normalized spacial score (nSPS) is 17.1. The number of hydrogen-bond donors (Lipinski definition) is 4. The fraction of sp³-hybridized carbons (Fsp3) is 0.510. The fourth-order valence-electron chi connectivity index (χ4n) is 8.04. The van der Waals surface area contributed by atoms with Crippen molar-refractivity contribution in [1.82, 2.24) is 10.2 Å². The van der Waals surface area contributed by atoms with Crippen LogP contribution in [0.4, 0.5) is 0 Å². The number of nitriles is 1. The van der Waals surface area contributed by atoms with Gasteiger partial charge in [0.05, 0.1) is 18.7 Å². The number of benzene rings is 3. The summed E-state index contributed by atoms with van der Waals surface area (Å²) in [5.41, 5.74) is 21.1. The van der Waals surface area contributed by atoms with E-state index in [2.05, 4.69) is 26.1 Å². The predicted molar refractivity (Wildman–Crippen MR) is 242 cm³/mol. The van der Waals surface area contributed by atoms with E-state index in [1.165, 1.54) is 11.9 Å². The van der Waals surface area contributed by atoms with Crippen LogP contribution in [0.2, 0.25) is 0 Å². The molecule has 0 aliphatic carbocycles. The van der Waals surface area contributed by atoms with Crippen molar-refractivity contribution in [2.24, 2.45) is 34.5 Å². The van der Waals surface area contributed by atoms with Crippen molar-refractivity contribution in [3.63, 3.8) is 0 Å². The van der Waals surface area contributed by atoms with Crippen LogP contribution in [0.3, 0.4) is 0 Å². The summed E-state index contributed by atoms with van der Waals surface area (Å²) in [6.45, 7) is 11.3. The van der Waals surface area contributed by atoms with Crippen molar-refractivity contribution < 1.29 is 38.2 Å². The third kappa shape index (κ3) is 13.7. The van der Waals surface area contributed by atoms with Crippen LogP contribution in [0.15, 0.2) is 54.6 Å². The monoisotopic (exact) mass is 866 g/mol. The predicted octanol–water partition coefficient (Wildman–Crippen LogP) is 5.79. The van der Waals surface area contributed by atoms with Crippen LogP contribution in [0.1, 0.15) is 106 Å². The SMILES string of the molecule is CCCC(C)(C)COc1ccc(C(=O)C[C@@H](CCN)C(=O)N(C)[C@@H]2C(=O)C[C@@H](C)C(=O)N[C@H](C(=O)CCC#N)Cc3ccc(OCCN)c(c3)-c3cc2ccc3OCCN)c(C)c1. The maximum Gasteiger partial charge on any atom is 0.226 e. The van der Waals surface area contributed by atoms with E-state index in [9.17, 15) is 29.2 Å². The first-order valence-corrected chi connectivity index (χ1v) is 22.0. The molecule has 340 valence electrons. The van der Waals surface area contributed by atoms with Gasteiger partial charge < -0.3 is 41.6 Å². The van der Waals surface area contributed by atoms with Gasteiger partial charge >= 0.3 is 0 Å². The second-order valence-corrected chi connectivity index (χ2v) is 17.3. The molecule has 2 amide bonds. The van der Waals surface area contributed by atoms with E-state index in [4.69, 9.17) is 31.4 Å². The average molecular weight is 867 g/mol. The molecule has 0 radical (unpaired) electrons. The van der Waals surface area contributed by atoms with Crippen LogP contribution in [-0.4, -0.2) is 86.6 Å². The number of likely N-dealkylation sites (N-methyl/N-ethyl adjacent to an activating group) is 1. The highest BCUT2D eigenvalue weighted by atomic mass is 16.5. The number of nitrogens with two attached hydrogens (primary N) is 3. The highest BCUT2D eigenvalue weighted by Crippen LogP contribution is 2.41. The van der Waals surface area contributed by atoms with E-state index in [-0.39, 0.29) is 88.4 Å². The number of carbonyl (C=O) groups excluding carboxylic acids is 5. The lowest BCUT2D eigenvalue weighted by Crippen LogP contribution is -2.46. The summed E-state index contributed by atoms with van der Waals surface area (Å²) in [4.78, 5) is 71.9. The first-order chi connectivity index (χ1) is 30.1. The second kappa shape index (κ2) is 23.7. The lowest BCUT2D eigenvalue weighted by atomic mass is 9.88. The van der Waals surface area contributed by atoms with E-state index in [0.717, 1.165) is 12.8 Å². The van der Waals surface area contributed by atoms with Gasteiger partial charge in [-0.15, -0.1) is 0 Å².